The first-order chi connectivity index (χ1) is 15.3. The normalized spacial score (nSPS) is 11.9. The van der Waals surface area contributed by atoms with E-state index in [0.717, 1.165) is 11.1 Å². The summed E-state index contributed by atoms with van der Waals surface area (Å²) in [6.45, 7) is 2.49. The Hall–Kier alpha value is -2.58. The molecule has 0 radical (unpaired) electrons. The summed E-state index contributed by atoms with van der Waals surface area (Å²) in [5.41, 5.74) is 1.84. The summed E-state index contributed by atoms with van der Waals surface area (Å²) in [7, 11) is -3.80. The third-order valence-electron chi connectivity index (χ3n) is 5.05. The van der Waals surface area contributed by atoms with Crippen LogP contribution in [0, 0.1) is 6.92 Å². The van der Waals surface area contributed by atoms with Crippen molar-refractivity contribution in [3.05, 3.63) is 106 Å². The Morgan fingerprint density at radius 3 is 2.53 bits per heavy atom. The van der Waals surface area contributed by atoms with Crippen LogP contribution in [0.15, 0.2) is 82.6 Å². The first-order valence-electron chi connectivity index (χ1n) is 9.86. The maximum atomic E-state index is 13.5. The van der Waals surface area contributed by atoms with Crippen LogP contribution in [0.4, 0.5) is 0 Å². The van der Waals surface area contributed by atoms with Crippen molar-refractivity contribution in [3.8, 4) is 0 Å². The van der Waals surface area contributed by atoms with Gasteiger partial charge in [-0.25, -0.2) is 13.4 Å². The Morgan fingerprint density at radius 2 is 1.84 bits per heavy atom. The monoisotopic (exact) mass is 489 g/mol. The molecule has 2 aromatic carbocycles. The fourth-order valence-electron chi connectivity index (χ4n) is 3.29. The molecule has 32 heavy (non-hydrogen) atoms. The second-order valence-corrected chi connectivity index (χ2v) is 10.2. The number of aromatic nitrogens is 2. The molecule has 0 saturated carbocycles. The lowest BCUT2D eigenvalue weighted by atomic mass is 10.2. The van der Waals surface area contributed by atoms with Crippen LogP contribution in [-0.2, 0) is 29.7 Å². The predicted octanol–water partition coefficient (Wildman–Crippen LogP) is 5.53. The summed E-state index contributed by atoms with van der Waals surface area (Å²) in [6, 6.07) is 15.6. The van der Waals surface area contributed by atoms with Crippen molar-refractivity contribution in [1.82, 2.24) is 13.9 Å². The smallest absolute Gasteiger partial charge is 0.243 e. The molecule has 4 aromatic rings. The van der Waals surface area contributed by atoms with Gasteiger partial charge in [0.15, 0.2) is 0 Å². The van der Waals surface area contributed by atoms with Crippen molar-refractivity contribution in [1.29, 1.82) is 0 Å². The van der Waals surface area contributed by atoms with Crippen molar-refractivity contribution in [2.45, 2.75) is 31.5 Å². The quantitative estimate of drug-likeness (QED) is 0.326. The molecular formula is C23H21Cl2N3O3S. The van der Waals surface area contributed by atoms with Gasteiger partial charge in [-0.15, -0.1) is 0 Å². The molecule has 0 unspecified atom stereocenters. The summed E-state index contributed by atoms with van der Waals surface area (Å²) in [6.07, 6.45) is 4.96. The number of halogens is 2. The van der Waals surface area contributed by atoms with Crippen LogP contribution >= 0.6 is 23.2 Å². The molecule has 0 saturated heterocycles. The molecule has 0 aliphatic carbocycles. The highest BCUT2D eigenvalue weighted by molar-refractivity contribution is 7.89. The third kappa shape index (κ3) is 5.07. The van der Waals surface area contributed by atoms with E-state index in [1.165, 1.54) is 10.6 Å². The van der Waals surface area contributed by atoms with Gasteiger partial charge >= 0.3 is 0 Å². The molecule has 0 amide bonds. The fraction of sp³-hybridized carbons (Fsp3) is 0.174. The molecule has 6 nitrogen and oxygen atoms in total. The highest BCUT2D eigenvalue weighted by Crippen LogP contribution is 2.24. The minimum absolute atomic E-state index is 0.0646. The Labute approximate surface area is 197 Å². The van der Waals surface area contributed by atoms with Crippen LogP contribution in [-0.4, -0.2) is 22.3 Å². The van der Waals surface area contributed by atoms with Crippen LogP contribution < -0.4 is 0 Å². The maximum absolute atomic E-state index is 13.5. The number of nitrogens with zero attached hydrogens (tertiary/aromatic N) is 3. The molecule has 0 bridgehead atoms. The number of hydrogen-bond acceptors (Lipinski definition) is 4. The number of furan rings is 1. The number of rotatable bonds is 8. The number of sulfonamides is 1. The first-order valence-corrected chi connectivity index (χ1v) is 12.1. The molecule has 2 aromatic heterocycles. The molecule has 0 N–H and O–H groups in total. The molecule has 166 valence electrons. The lowest BCUT2D eigenvalue weighted by Gasteiger charge is -2.22. The van der Waals surface area contributed by atoms with Crippen LogP contribution in [0.2, 0.25) is 10.0 Å². The summed E-state index contributed by atoms with van der Waals surface area (Å²) >= 11 is 12.3. The van der Waals surface area contributed by atoms with Gasteiger partial charge in [-0.3, -0.25) is 0 Å². The molecular weight excluding hydrogens is 469 g/mol. The Kier molecular flexibility index (Phi) is 6.71. The van der Waals surface area contributed by atoms with Gasteiger partial charge in [0.2, 0.25) is 10.0 Å². The zero-order valence-corrected chi connectivity index (χ0v) is 19.6. The van der Waals surface area contributed by atoms with Gasteiger partial charge in [-0.2, -0.15) is 4.31 Å². The van der Waals surface area contributed by atoms with E-state index in [-0.39, 0.29) is 18.0 Å². The first kappa shape index (κ1) is 22.6. The van der Waals surface area contributed by atoms with Crippen LogP contribution in [0.3, 0.4) is 0 Å². The van der Waals surface area contributed by atoms with E-state index in [1.54, 1.807) is 60.9 Å². The largest absolute Gasteiger partial charge is 0.468 e. The van der Waals surface area contributed by atoms with Gasteiger partial charge in [0.05, 0.1) is 30.8 Å². The molecule has 2 heterocycles. The molecule has 4 rings (SSSR count). The number of aryl methyl sites for hydroxylation is 1. The number of imidazole rings is 1. The summed E-state index contributed by atoms with van der Waals surface area (Å²) < 4.78 is 35.6. The third-order valence-corrected chi connectivity index (χ3v) is 7.44. The number of hydrogen-bond donors (Lipinski definition) is 0. The van der Waals surface area contributed by atoms with E-state index in [1.807, 2.05) is 17.6 Å². The topological polar surface area (TPSA) is 68.3 Å². The summed E-state index contributed by atoms with van der Waals surface area (Å²) in [4.78, 5) is 4.62. The van der Waals surface area contributed by atoms with Gasteiger partial charge in [-0.1, -0.05) is 47.0 Å². The maximum Gasteiger partial charge on any atom is 0.243 e. The standard InChI is InChI=1S/C23H21Cl2N3O3S/c1-17-4-8-21(9-5-17)32(29,30)28(15-20-3-2-12-31-20)16-23-26-10-11-27(23)14-18-6-7-19(24)13-22(18)25/h2-13H,14-16H2,1H3. The minimum Gasteiger partial charge on any atom is -0.468 e. The molecule has 0 spiro atoms. The molecule has 0 fully saturated rings. The van der Waals surface area contributed by atoms with Gasteiger partial charge < -0.3 is 8.98 Å². The van der Waals surface area contributed by atoms with E-state index < -0.39 is 10.0 Å². The van der Waals surface area contributed by atoms with Gasteiger partial charge in [0, 0.05) is 22.4 Å². The van der Waals surface area contributed by atoms with Crippen LogP contribution in [0.1, 0.15) is 22.7 Å². The Bertz CT molecular complexity index is 1300. The van der Waals surface area contributed by atoms with E-state index in [4.69, 9.17) is 27.6 Å². The van der Waals surface area contributed by atoms with Crippen LogP contribution in [0.25, 0.3) is 0 Å². The second-order valence-electron chi connectivity index (χ2n) is 7.37. The van der Waals surface area contributed by atoms with E-state index in [2.05, 4.69) is 4.98 Å². The molecule has 9 heteroatoms. The average Bonchev–Trinajstić information content (AvgIpc) is 3.42. The van der Waals surface area contributed by atoms with Crippen molar-refractivity contribution in [2.24, 2.45) is 0 Å². The van der Waals surface area contributed by atoms with E-state index in [9.17, 15) is 8.42 Å². The lowest BCUT2D eigenvalue weighted by Crippen LogP contribution is -2.31. The van der Waals surface area contributed by atoms with Crippen LogP contribution in [0.5, 0.6) is 0 Å². The SMILES string of the molecule is Cc1ccc(S(=O)(=O)N(Cc2ccco2)Cc2nccn2Cc2ccc(Cl)cc2Cl)cc1. The Morgan fingerprint density at radius 1 is 1.06 bits per heavy atom. The van der Waals surface area contributed by atoms with E-state index >= 15 is 0 Å². The van der Waals surface area contributed by atoms with Crippen molar-refractivity contribution in [2.75, 3.05) is 0 Å². The van der Waals surface area contributed by atoms with E-state index in [0.29, 0.717) is 28.2 Å². The van der Waals surface area contributed by atoms with Gasteiger partial charge in [0.1, 0.15) is 11.6 Å². The average molecular weight is 490 g/mol. The summed E-state index contributed by atoms with van der Waals surface area (Å²) in [5, 5.41) is 1.09. The summed E-state index contributed by atoms with van der Waals surface area (Å²) in [5.74, 6) is 1.12. The zero-order valence-electron chi connectivity index (χ0n) is 17.3. The molecule has 0 aliphatic heterocycles. The number of benzene rings is 2. The Balaban J connectivity index is 1.65. The fourth-order valence-corrected chi connectivity index (χ4v) is 5.12. The highest BCUT2D eigenvalue weighted by Gasteiger charge is 2.27. The molecule has 0 aliphatic rings. The predicted molar refractivity (Wildman–Crippen MR) is 124 cm³/mol. The second kappa shape index (κ2) is 9.50. The lowest BCUT2D eigenvalue weighted by molar-refractivity contribution is 0.348. The van der Waals surface area contributed by atoms with Gasteiger partial charge in [0.25, 0.3) is 0 Å². The zero-order chi connectivity index (χ0) is 22.7. The van der Waals surface area contributed by atoms with Crippen molar-refractivity contribution < 1.29 is 12.8 Å². The minimum atomic E-state index is -3.80. The van der Waals surface area contributed by atoms with Crippen molar-refractivity contribution >= 4 is 33.2 Å². The molecule has 0 atom stereocenters. The highest BCUT2D eigenvalue weighted by atomic mass is 35.5. The van der Waals surface area contributed by atoms with Crippen molar-refractivity contribution in [3.63, 3.8) is 0 Å². The van der Waals surface area contributed by atoms with Gasteiger partial charge in [-0.05, 0) is 48.9 Å².